The Balaban J connectivity index is 1.57. The Morgan fingerprint density at radius 1 is 1.08 bits per heavy atom. The Bertz CT molecular complexity index is 803. The van der Waals surface area contributed by atoms with Crippen LogP contribution in [0.5, 0.6) is 0 Å². The van der Waals surface area contributed by atoms with Crippen LogP contribution in [-0.2, 0) is 11.3 Å². The van der Waals surface area contributed by atoms with Crippen LogP contribution in [0.1, 0.15) is 12.5 Å². The van der Waals surface area contributed by atoms with Crippen molar-refractivity contribution in [2.45, 2.75) is 17.8 Å². The smallest absolute Gasteiger partial charge is 0.233 e. The zero-order valence-electron chi connectivity index (χ0n) is 14.1. The lowest BCUT2D eigenvalue weighted by Gasteiger charge is -2.20. The average Bonchev–Trinajstić information content (AvgIpc) is 3.15. The molecule has 1 heterocycles. The van der Waals surface area contributed by atoms with E-state index in [4.69, 9.17) is 0 Å². The van der Waals surface area contributed by atoms with Gasteiger partial charge in [0.2, 0.25) is 5.91 Å². The molecule has 0 N–H and O–H groups in total. The zero-order valence-corrected chi connectivity index (χ0v) is 15.7. The molecule has 0 fully saturated rings. The summed E-state index contributed by atoms with van der Waals surface area (Å²) in [4.78, 5) is 19.0. The largest absolute Gasteiger partial charge is 0.338 e. The van der Waals surface area contributed by atoms with Crippen LogP contribution in [0, 0.1) is 0 Å². The Kier molecular flexibility index (Phi) is 6.25. The van der Waals surface area contributed by atoms with E-state index in [1.165, 1.54) is 11.8 Å². The predicted molar refractivity (Wildman–Crippen MR) is 106 cm³/mol. The first-order chi connectivity index (χ1) is 12.3. The Morgan fingerprint density at radius 3 is 2.44 bits per heavy atom. The molecule has 0 bridgehead atoms. The molecule has 25 heavy (non-hydrogen) atoms. The molecular formula is C20H20N2OS2. The van der Waals surface area contributed by atoms with Gasteiger partial charge in [0.15, 0.2) is 4.34 Å². The molecule has 1 amide bonds. The number of thiazole rings is 1. The van der Waals surface area contributed by atoms with Crippen LogP contribution in [0.3, 0.4) is 0 Å². The number of aromatic nitrogens is 1. The van der Waals surface area contributed by atoms with Crippen molar-refractivity contribution < 1.29 is 4.79 Å². The lowest BCUT2D eigenvalue weighted by Crippen LogP contribution is -2.31. The minimum Gasteiger partial charge on any atom is -0.338 e. The highest BCUT2D eigenvalue weighted by Gasteiger charge is 2.14. The molecule has 0 aliphatic heterocycles. The van der Waals surface area contributed by atoms with Crippen LogP contribution in [0.2, 0.25) is 0 Å². The molecule has 0 radical (unpaired) electrons. The molecule has 128 valence electrons. The Morgan fingerprint density at radius 2 is 1.76 bits per heavy atom. The molecule has 3 rings (SSSR count). The maximum atomic E-state index is 12.5. The summed E-state index contributed by atoms with van der Waals surface area (Å²) >= 11 is 3.11. The van der Waals surface area contributed by atoms with E-state index in [9.17, 15) is 4.79 Å². The summed E-state index contributed by atoms with van der Waals surface area (Å²) in [6.07, 6.45) is 0. The van der Waals surface area contributed by atoms with Gasteiger partial charge in [0.1, 0.15) is 0 Å². The quantitative estimate of drug-likeness (QED) is 0.553. The second-order valence-corrected chi connectivity index (χ2v) is 7.63. The zero-order chi connectivity index (χ0) is 17.5. The van der Waals surface area contributed by atoms with E-state index >= 15 is 0 Å². The lowest BCUT2D eigenvalue weighted by molar-refractivity contribution is -0.128. The van der Waals surface area contributed by atoms with Crippen molar-refractivity contribution in [3.05, 3.63) is 71.6 Å². The Hall–Kier alpha value is -2.11. The number of hydrogen-bond donors (Lipinski definition) is 0. The average molecular weight is 369 g/mol. The van der Waals surface area contributed by atoms with E-state index in [0.717, 1.165) is 21.2 Å². The number of hydrogen-bond acceptors (Lipinski definition) is 4. The van der Waals surface area contributed by atoms with Crippen molar-refractivity contribution in [1.82, 2.24) is 9.88 Å². The third-order valence-corrected chi connectivity index (χ3v) is 5.83. The monoisotopic (exact) mass is 368 g/mol. The van der Waals surface area contributed by atoms with Crippen LogP contribution in [0.25, 0.3) is 11.3 Å². The number of thioether (sulfide) groups is 1. The summed E-state index contributed by atoms with van der Waals surface area (Å²) in [7, 11) is 0. The summed E-state index contributed by atoms with van der Waals surface area (Å²) in [5.41, 5.74) is 3.23. The normalized spacial score (nSPS) is 10.6. The van der Waals surface area contributed by atoms with Gasteiger partial charge in [0.05, 0.1) is 11.4 Å². The number of benzene rings is 2. The maximum absolute atomic E-state index is 12.5. The van der Waals surface area contributed by atoms with E-state index < -0.39 is 0 Å². The SMILES string of the molecule is CCN(Cc1ccccc1)C(=O)CSc1nc(-c2ccccc2)cs1. The molecule has 3 nitrogen and oxygen atoms in total. The molecule has 0 saturated carbocycles. The van der Waals surface area contributed by atoms with E-state index in [1.807, 2.05) is 65.7 Å². The molecule has 0 aliphatic rings. The van der Waals surface area contributed by atoms with E-state index in [1.54, 1.807) is 11.3 Å². The van der Waals surface area contributed by atoms with Crippen molar-refractivity contribution in [3.63, 3.8) is 0 Å². The second-order valence-electron chi connectivity index (χ2n) is 5.55. The fourth-order valence-electron chi connectivity index (χ4n) is 2.46. The number of carbonyl (C=O) groups excluding carboxylic acids is 1. The summed E-state index contributed by atoms with van der Waals surface area (Å²) in [6.45, 7) is 3.38. The first-order valence-electron chi connectivity index (χ1n) is 8.21. The van der Waals surface area contributed by atoms with E-state index in [0.29, 0.717) is 18.8 Å². The molecule has 2 aromatic carbocycles. The van der Waals surface area contributed by atoms with Gasteiger partial charge in [-0.05, 0) is 12.5 Å². The van der Waals surface area contributed by atoms with Crippen molar-refractivity contribution in [1.29, 1.82) is 0 Å². The third-order valence-electron chi connectivity index (χ3n) is 3.82. The van der Waals surface area contributed by atoms with Gasteiger partial charge >= 0.3 is 0 Å². The second kappa shape index (κ2) is 8.83. The molecule has 0 spiro atoms. The van der Waals surface area contributed by atoms with Gasteiger partial charge in [0.25, 0.3) is 0 Å². The van der Waals surface area contributed by atoms with Gasteiger partial charge in [-0.15, -0.1) is 11.3 Å². The molecule has 1 aromatic heterocycles. The van der Waals surface area contributed by atoms with Gasteiger partial charge in [-0.1, -0.05) is 72.4 Å². The van der Waals surface area contributed by atoms with Crippen LogP contribution in [-0.4, -0.2) is 28.1 Å². The number of rotatable bonds is 7. The van der Waals surface area contributed by atoms with Crippen LogP contribution in [0.4, 0.5) is 0 Å². The van der Waals surface area contributed by atoms with Gasteiger partial charge in [-0.25, -0.2) is 4.98 Å². The molecular weight excluding hydrogens is 348 g/mol. The first-order valence-corrected chi connectivity index (χ1v) is 10.1. The fraction of sp³-hybridized carbons (Fsp3) is 0.200. The topological polar surface area (TPSA) is 33.2 Å². The van der Waals surface area contributed by atoms with Crippen LogP contribution in [0.15, 0.2) is 70.4 Å². The highest BCUT2D eigenvalue weighted by molar-refractivity contribution is 8.01. The van der Waals surface area contributed by atoms with Crippen LogP contribution >= 0.6 is 23.1 Å². The minimum absolute atomic E-state index is 0.146. The van der Waals surface area contributed by atoms with E-state index in [-0.39, 0.29) is 5.91 Å². The Labute approximate surface area is 156 Å². The van der Waals surface area contributed by atoms with Crippen LogP contribution < -0.4 is 0 Å². The van der Waals surface area contributed by atoms with Gasteiger partial charge in [-0.3, -0.25) is 4.79 Å². The molecule has 5 heteroatoms. The molecule has 0 saturated heterocycles. The number of carbonyl (C=O) groups is 1. The van der Waals surface area contributed by atoms with Crippen molar-refractivity contribution in [3.8, 4) is 11.3 Å². The molecule has 0 aliphatic carbocycles. The predicted octanol–water partition coefficient (Wildman–Crippen LogP) is 4.95. The van der Waals surface area contributed by atoms with Crippen molar-refractivity contribution in [2.75, 3.05) is 12.3 Å². The molecule has 0 atom stereocenters. The highest BCUT2D eigenvalue weighted by atomic mass is 32.2. The lowest BCUT2D eigenvalue weighted by atomic mass is 10.2. The van der Waals surface area contributed by atoms with Crippen molar-refractivity contribution in [2.24, 2.45) is 0 Å². The number of amides is 1. The maximum Gasteiger partial charge on any atom is 0.233 e. The van der Waals surface area contributed by atoms with E-state index in [2.05, 4.69) is 17.1 Å². The molecule has 0 unspecified atom stereocenters. The standard InChI is InChI=1S/C20H20N2OS2/c1-2-22(13-16-9-5-3-6-10-16)19(23)15-25-20-21-18(14-24-20)17-11-7-4-8-12-17/h3-12,14H,2,13,15H2,1H3. The fourth-order valence-corrected chi connectivity index (χ4v) is 4.20. The summed E-state index contributed by atoms with van der Waals surface area (Å²) in [5, 5.41) is 2.05. The minimum atomic E-state index is 0.146. The van der Waals surface area contributed by atoms with Gasteiger partial charge in [-0.2, -0.15) is 0 Å². The number of nitrogens with zero attached hydrogens (tertiary/aromatic N) is 2. The summed E-state index contributed by atoms with van der Waals surface area (Å²) in [6, 6.07) is 20.2. The van der Waals surface area contributed by atoms with Crippen molar-refractivity contribution >= 4 is 29.0 Å². The third kappa shape index (κ3) is 4.94. The highest BCUT2D eigenvalue weighted by Crippen LogP contribution is 2.28. The molecule has 3 aromatic rings. The summed E-state index contributed by atoms with van der Waals surface area (Å²) < 4.78 is 0.933. The summed E-state index contributed by atoms with van der Waals surface area (Å²) in [5.74, 6) is 0.565. The van der Waals surface area contributed by atoms with Gasteiger partial charge in [0, 0.05) is 24.0 Å². The first kappa shape index (κ1) is 17.7. The van der Waals surface area contributed by atoms with Gasteiger partial charge < -0.3 is 4.90 Å².